The fourth-order valence-electron chi connectivity index (χ4n) is 3.35. The molecule has 1 saturated heterocycles. The quantitative estimate of drug-likeness (QED) is 0.835. The largest absolute Gasteiger partial charge is 0.366 e. The molecule has 1 heterocycles. The molecule has 0 radical (unpaired) electrons. The van der Waals surface area contributed by atoms with Crippen LogP contribution < -0.4 is 0 Å². The molecule has 1 fully saturated rings. The van der Waals surface area contributed by atoms with Crippen molar-refractivity contribution in [2.24, 2.45) is 5.41 Å². The van der Waals surface area contributed by atoms with E-state index >= 15 is 0 Å². The molecule has 0 spiro atoms. The van der Waals surface area contributed by atoms with Crippen molar-refractivity contribution < 1.29 is 14.2 Å². The van der Waals surface area contributed by atoms with Gasteiger partial charge in [-0.2, -0.15) is 0 Å². The van der Waals surface area contributed by atoms with Crippen molar-refractivity contribution in [1.82, 2.24) is 0 Å². The fraction of sp³-hybridized carbons (Fsp3) is 0.429. The molecule has 0 amide bonds. The van der Waals surface area contributed by atoms with Crippen LogP contribution in [0.4, 0.5) is 0 Å². The Morgan fingerprint density at radius 1 is 0.875 bits per heavy atom. The molecule has 0 saturated carbocycles. The van der Waals surface area contributed by atoms with Gasteiger partial charge in [-0.3, -0.25) is 0 Å². The summed E-state index contributed by atoms with van der Waals surface area (Å²) in [6.45, 7) is 6.87. The first-order chi connectivity index (χ1) is 11.5. The predicted octanol–water partition coefficient (Wildman–Crippen LogP) is 4.36. The lowest BCUT2D eigenvalue weighted by atomic mass is 9.81. The van der Waals surface area contributed by atoms with Crippen LogP contribution in [-0.2, 0) is 19.8 Å². The summed E-state index contributed by atoms with van der Waals surface area (Å²) in [5.41, 5.74) is 1.37. The maximum absolute atomic E-state index is 6.34. The first-order valence-electron chi connectivity index (χ1n) is 8.42. The highest BCUT2D eigenvalue weighted by Gasteiger charge is 2.49. The lowest BCUT2D eigenvalue weighted by Crippen LogP contribution is -2.44. The van der Waals surface area contributed by atoms with Crippen molar-refractivity contribution >= 4 is 0 Å². The van der Waals surface area contributed by atoms with Crippen LogP contribution in [0.3, 0.4) is 0 Å². The summed E-state index contributed by atoms with van der Waals surface area (Å²) in [5.74, 6) is 0. The zero-order valence-electron chi connectivity index (χ0n) is 14.9. The average Bonchev–Trinajstić information content (AvgIpc) is 3.09. The predicted molar refractivity (Wildman–Crippen MR) is 94.7 cm³/mol. The van der Waals surface area contributed by atoms with Crippen molar-refractivity contribution in [2.75, 3.05) is 13.7 Å². The molecule has 0 aliphatic carbocycles. The molecule has 24 heavy (non-hydrogen) atoms. The Labute approximate surface area is 144 Å². The zero-order chi connectivity index (χ0) is 17.2. The maximum atomic E-state index is 6.34. The SMILES string of the molecule is COC(c1ccccc1)(c1ccccc1)C1COC(C(C)(C)C)O1. The lowest BCUT2D eigenvalue weighted by Gasteiger charge is -2.38. The number of methoxy groups -OCH3 is 1. The van der Waals surface area contributed by atoms with Crippen molar-refractivity contribution in [2.45, 2.75) is 38.8 Å². The van der Waals surface area contributed by atoms with Crippen molar-refractivity contribution in [3.63, 3.8) is 0 Å². The topological polar surface area (TPSA) is 27.7 Å². The summed E-state index contributed by atoms with van der Waals surface area (Å²) in [6, 6.07) is 20.5. The van der Waals surface area contributed by atoms with Crippen LogP contribution in [0.5, 0.6) is 0 Å². The summed E-state index contributed by atoms with van der Waals surface area (Å²) in [7, 11) is 1.74. The minimum atomic E-state index is -0.692. The molecular formula is C21H26O3. The van der Waals surface area contributed by atoms with E-state index in [-0.39, 0.29) is 17.8 Å². The Hall–Kier alpha value is -1.68. The number of hydrogen-bond acceptors (Lipinski definition) is 3. The van der Waals surface area contributed by atoms with Gasteiger partial charge in [0.2, 0.25) is 0 Å². The van der Waals surface area contributed by atoms with Gasteiger partial charge in [0.05, 0.1) is 6.61 Å². The molecule has 1 aliphatic rings. The van der Waals surface area contributed by atoms with Gasteiger partial charge in [0.1, 0.15) is 11.7 Å². The van der Waals surface area contributed by atoms with E-state index < -0.39 is 5.60 Å². The van der Waals surface area contributed by atoms with E-state index in [9.17, 15) is 0 Å². The number of ether oxygens (including phenoxy) is 3. The minimum absolute atomic E-state index is 0.0817. The highest BCUT2D eigenvalue weighted by Crippen LogP contribution is 2.43. The average molecular weight is 326 g/mol. The van der Waals surface area contributed by atoms with Crippen LogP contribution in [0.25, 0.3) is 0 Å². The molecule has 3 heteroatoms. The second-order valence-electron chi connectivity index (χ2n) is 7.33. The van der Waals surface area contributed by atoms with Gasteiger partial charge in [0.15, 0.2) is 6.29 Å². The Morgan fingerprint density at radius 3 is 1.75 bits per heavy atom. The van der Waals surface area contributed by atoms with Crippen LogP contribution in [0.1, 0.15) is 31.9 Å². The van der Waals surface area contributed by atoms with Crippen LogP contribution in [-0.4, -0.2) is 26.1 Å². The molecule has 2 atom stereocenters. The molecule has 128 valence electrons. The molecule has 0 bridgehead atoms. The summed E-state index contributed by atoms with van der Waals surface area (Å²) < 4.78 is 18.5. The van der Waals surface area contributed by atoms with Crippen LogP contribution in [0, 0.1) is 5.41 Å². The summed E-state index contributed by atoms with van der Waals surface area (Å²) >= 11 is 0. The molecule has 3 nitrogen and oxygen atoms in total. The first-order valence-corrected chi connectivity index (χ1v) is 8.42. The van der Waals surface area contributed by atoms with Crippen LogP contribution in [0.2, 0.25) is 0 Å². The normalized spacial score (nSPS) is 21.8. The Kier molecular flexibility index (Phi) is 4.77. The van der Waals surface area contributed by atoms with Gasteiger partial charge >= 0.3 is 0 Å². The van der Waals surface area contributed by atoms with Gasteiger partial charge in [-0.05, 0) is 11.1 Å². The van der Waals surface area contributed by atoms with E-state index in [1.807, 2.05) is 36.4 Å². The van der Waals surface area contributed by atoms with E-state index in [4.69, 9.17) is 14.2 Å². The van der Waals surface area contributed by atoms with Crippen molar-refractivity contribution in [1.29, 1.82) is 0 Å². The third-order valence-electron chi connectivity index (χ3n) is 4.57. The molecule has 3 rings (SSSR count). The maximum Gasteiger partial charge on any atom is 0.163 e. The monoisotopic (exact) mass is 326 g/mol. The van der Waals surface area contributed by atoms with Gasteiger partial charge in [-0.15, -0.1) is 0 Å². The third kappa shape index (κ3) is 3.00. The van der Waals surface area contributed by atoms with E-state index in [0.29, 0.717) is 6.61 Å². The van der Waals surface area contributed by atoms with Crippen LogP contribution in [0.15, 0.2) is 60.7 Å². The highest BCUT2D eigenvalue weighted by atomic mass is 16.7. The lowest BCUT2D eigenvalue weighted by molar-refractivity contribution is -0.157. The van der Waals surface area contributed by atoms with Gasteiger partial charge in [-0.1, -0.05) is 81.4 Å². The van der Waals surface area contributed by atoms with Gasteiger partial charge < -0.3 is 14.2 Å². The standard InChI is InChI=1S/C21H26O3/c1-20(2,3)19-23-15-18(24-19)21(22-4,16-11-7-5-8-12-16)17-13-9-6-10-14-17/h5-14,18-19H,15H2,1-4H3. The van der Waals surface area contributed by atoms with Crippen molar-refractivity contribution in [3.8, 4) is 0 Å². The van der Waals surface area contributed by atoms with Crippen LogP contribution >= 0.6 is 0 Å². The second-order valence-corrected chi connectivity index (χ2v) is 7.33. The van der Waals surface area contributed by atoms with E-state index in [2.05, 4.69) is 45.0 Å². The summed E-state index contributed by atoms with van der Waals surface area (Å²) in [4.78, 5) is 0. The second kappa shape index (κ2) is 6.67. The van der Waals surface area contributed by atoms with E-state index in [0.717, 1.165) is 11.1 Å². The molecule has 0 N–H and O–H groups in total. The fourth-order valence-corrected chi connectivity index (χ4v) is 3.35. The molecule has 2 aromatic rings. The molecule has 2 aromatic carbocycles. The molecule has 0 aromatic heterocycles. The van der Waals surface area contributed by atoms with E-state index in [1.54, 1.807) is 7.11 Å². The highest BCUT2D eigenvalue weighted by molar-refractivity contribution is 5.38. The smallest absolute Gasteiger partial charge is 0.163 e. The number of rotatable bonds is 4. The number of benzene rings is 2. The summed E-state index contributed by atoms with van der Waals surface area (Å²) in [6.07, 6.45) is -0.457. The molecule has 2 unspecified atom stereocenters. The van der Waals surface area contributed by atoms with E-state index in [1.165, 1.54) is 0 Å². The Morgan fingerprint density at radius 2 is 1.38 bits per heavy atom. The minimum Gasteiger partial charge on any atom is -0.366 e. The molecule has 1 aliphatic heterocycles. The summed E-state index contributed by atoms with van der Waals surface area (Å²) in [5, 5.41) is 0. The van der Waals surface area contributed by atoms with Gasteiger partial charge in [-0.25, -0.2) is 0 Å². The van der Waals surface area contributed by atoms with Gasteiger partial charge in [0.25, 0.3) is 0 Å². The Balaban J connectivity index is 2.07. The Bertz CT molecular complexity index is 606. The zero-order valence-corrected chi connectivity index (χ0v) is 14.9. The number of hydrogen-bond donors (Lipinski definition) is 0. The first kappa shape index (κ1) is 17.2. The van der Waals surface area contributed by atoms with Gasteiger partial charge in [0, 0.05) is 12.5 Å². The molecular weight excluding hydrogens is 300 g/mol. The van der Waals surface area contributed by atoms with Crippen molar-refractivity contribution in [3.05, 3.63) is 71.8 Å². The third-order valence-corrected chi connectivity index (χ3v) is 4.57.